The molecule has 1 aliphatic rings. The summed E-state index contributed by atoms with van der Waals surface area (Å²) in [5.74, 6) is 4.13. The molecule has 1 aliphatic carbocycles. The number of aliphatic hydroxyl groups excluding tert-OH is 1. The van der Waals surface area contributed by atoms with Crippen molar-refractivity contribution in [3.63, 3.8) is 0 Å². The Morgan fingerprint density at radius 1 is 1.06 bits per heavy atom. The minimum atomic E-state index is 0.247. The van der Waals surface area contributed by atoms with Crippen molar-refractivity contribution >= 4 is 0 Å². The lowest BCUT2D eigenvalue weighted by Gasteiger charge is -2.44. The fourth-order valence-corrected chi connectivity index (χ4v) is 3.76. The van der Waals surface area contributed by atoms with Gasteiger partial charge in [0, 0.05) is 0 Å². The first-order valence-electron chi connectivity index (χ1n) is 7.19. The lowest BCUT2D eigenvalue weighted by atomic mass is 9.61. The Morgan fingerprint density at radius 3 is 2.00 bits per heavy atom. The molecule has 1 heteroatoms. The van der Waals surface area contributed by atoms with E-state index in [1.54, 1.807) is 0 Å². The molecule has 1 N–H and O–H groups in total. The van der Waals surface area contributed by atoms with Crippen molar-refractivity contribution in [2.75, 3.05) is 6.61 Å². The SMILES string of the molecule is CC(C)C1C(CO)=CC[C@H](C(C)C)C1C(C)C. The van der Waals surface area contributed by atoms with E-state index < -0.39 is 0 Å². The lowest BCUT2D eigenvalue weighted by Crippen LogP contribution is -2.38. The van der Waals surface area contributed by atoms with Gasteiger partial charge in [0.1, 0.15) is 0 Å². The van der Waals surface area contributed by atoms with Crippen molar-refractivity contribution in [3.05, 3.63) is 11.6 Å². The summed E-state index contributed by atoms with van der Waals surface area (Å²) in [6.45, 7) is 14.2. The van der Waals surface area contributed by atoms with E-state index in [1.165, 1.54) is 5.57 Å². The molecule has 0 aromatic carbocycles. The zero-order valence-electron chi connectivity index (χ0n) is 12.4. The molecule has 0 aromatic rings. The second-order valence-corrected chi connectivity index (χ2v) is 6.67. The van der Waals surface area contributed by atoms with E-state index in [1.807, 2.05) is 0 Å². The maximum Gasteiger partial charge on any atom is 0.0644 e. The third-order valence-corrected chi connectivity index (χ3v) is 4.52. The first-order chi connectivity index (χ1) is 7.90. The van der Waals surface area contributed by atoms with Gasteiger partial charge in [-0.25, -0.2) is 0 Å². The minimum absolute atomic E-state index is 0.247. The Kier molecular flexibility index (Phi) is 5.24. The number of hydrogen-bond acceptors (Lipinski definition) is 1. The van der Waals surface area contributed by atoms with Crippen LogP contribution in [0.5, 0.6) is 0 Å². The average molecular weight is 238 g/mol. The van der Waals surface area contributed by atoms with Gasteiger partial charge in [0.25, 0.3) is 0 Å². The zero-order chi connectivity index (χ0) is 13.2. The van der Waals surface area contributed by atoms with Crippen LogP contribution in [0.3, 0.4) is 0 Å². The molecule has 100 valence electrons. The molecule has 1 nitrogen and oxygen atoms in total. The van der Waals surface area contributed by atoms with Crippen molar-refractivity contribution in [2.24, 2.45) is 35.5 Å². The Labute approximate surface area is 107 Å². The monoisotopic (exact) mass is 238 g/mol. The molecular formula is C16H30O. The van der Waals surface area contributed by atoms with Gasteiger partial charge in [0.2, 0.25) is 0 Å². The molecule has 0 fully saturated rings. The number of rotatable bonds is 4. The molecule has 0 radical (unpaired) electrons. The van der Waals surface area contributed by atoms with Gasteiger partial charge < -0.3 is 5.11 Å². The van der Waals surface area contributed by atoms with E-state index in [0.29, 0.717) is 17.8 Å². The van der Waals surface area contributed by atoms with Crippen molar-refractivity contribution < 1.29 is 5.11 Å². The molecule has 0 saturated heterocycles. The van der Waals surface area contributed by atoms with Gasteiger partial charge in [-0.05, 0) is 47.5 Å². The smallest absolute Gasteiger partial charge is 0.0644 e. The van der Waals surface area contributed by atoms with E-state index in [-0.39, 0.29) is 6.61 Å². The topological polar surface area (TPSA) is 20.2 Å². The van der Waals surface area contributed by atoms with E-state index in [2.05, 4.69) is 47.6 Å². The maximum absolute atomic E-state index is 9.57. The Bertz CT molecular complexity index is 263. The Balaban J connectivity index is 3.07. The molecule has 0 aliphatic heterocycles. The second kappa shape index (κ2) is 6.04. The number of aliphatic hydroxyl groups is 1. The average Bonchev–Trinajstić information content (AvgIpc) is 2.26. The van der Waals surface area contributed by atoms with E-state index >= 15 is 0 Å². The van der Waals surface area contributed by atoms with Gasteiger partial charge in [0.05, 0.1) is 6.61 Å². The Hall–Kier alpha value is -0.300. The zero-order valence-corrected chi connectivity index (χ0v) is 12.4. The van der Waals surface area contributed by atoms with Gasteiger partial charge >= 0.3 is 0 Å². The van der Waals surface area contributed by atoms with Crippen LogP contribution in [0.4, 0.5) is 0 Å². The van der Waals surface area contributed by atoms with E-state index in [0.717, 1.165) is 24.2 Å². The molecule has 0 heterocycles. The van der Waals surface area contributed by atoms with Crippen LogP contribution >= 0.6 is 0 Å². The standard InChI is InChI=1S/C16H30O/c1-10(2)14-8-7-13(9-17)15(11(3)4)16(14)12(5)6/h7,10-12,14-17H,8-9H2,1-6H3/t14-,15?,16?/m1/s1. The van der Waals surface area contributed by atoms with Gasteiger partial charge in [-0.3, -0.25) is 0 Å². The van der Waals surface area contributed by atoms with E-state index in [4.69, 9.17) is 0 Å². The van der Waals surface area contributed by atoms with Crippen LogP contribution in [0, 0.1) is 35.5 Å². The lowest BCUT2D eigenvalue weighted by molar-refractivity contribution is 0.0961. The molecule has 0 bridgehead atoms. The van der Waals surface area contributed by atoms with E-state index in [9.17, 15) is 5.11 Å². The van der Waals surface area contributed by atoms with Gasteiger partial charge in [-0.15, -0.1) is 0 Å². The van der Waals surface area contributed by atoms with Crippen LogP contribution in [0.15, 0.2) is 11.6 Å². The normalized spacial score (nSPS) is 30.2. The molecule has 17 heavy (non-hydrogen) atoms. The summed E-state index contributed by atoms with van der Waals surface area (Å²) in [5, 5.41) is 9.57. The summed E-state index contributed by atoms with van der Waals surface area (Å²) in [6, 6.07) is 0. The minimum Gasteiger partial charge on any atom is -0.392 e. The van der Waals surface area contributed by atoms with Gasteiger partial charge in [-0.1, -0.05) is 47.6 Å². The highest BCUT2D eigenvalue weighted by Crippen LogP contribution is 2.45. The highest BCUT2D eigenvalue weighted by Gasteiger charge is 2.38. The quantitative estimate of drug-likeness (QED) is 0.730. The molecule has 0 aromatic heterocycles. The molecular weight excluding hydrogens is 208 g/mol. The van der Waals surface area contributed by atoms with Crippen LogP contribution in [-0.2, 0) is 0 Å². The molecule has 1 rings (SSSR count). The third kappa shape index (κ3) is 3.13. The summed E-state index contributed by atoms with van der Waals surface area (Å²) in [5.41, 5.74) is 1.29. The summed E-state index contributed by atoms with van der Waals surface area (Å²) >= 11 is 0. The molecule has 0 saturated carbocycles. The highest BCUT2D eigenvalue weighted by atomic mass is 16.3. The van der Waals surface area contributed by atoms with Crippen LogP contribution in [0.2, 0.25) is 0 Å². The summed E-state index contributed by atoms with van der Waals surface area (Å²) in [4.78, 5) is 0. The first-order valence-corrected chi connectivity index (χ1v) is 7.19. The summed E-state index contributed by atoms with van der Waals surface area (Å²) in [6.07, 6.45) is 3.47. The predicted octanol–water partition coefficient (Wildman–Crippen LogP) is 4.13. The van der Waals surface area contributed by atoms with Crippen molar-refractivity contribution in [3.8, 4) is 0 Å². The fraction of sp³-hybridized carbons (Fsp3) is 0.875. The van der Waals surface area contributed by atoms with Crippen LogP contribution in [0.1, 0.15) is 48.0 Å². The Morgan fingerprint density at radius 2 is 1.65 bits per heavy atom. The van der Waals surface area contributed by atoms with Crippen molar-refractivity contribution in [2.45, 2.75) is 48.0 Å². The highest BCUT2D eigenvalue weighted by molar-refractivity contribution is 5.15. The molecule has 0 amide bonds. The number of allylic oxidation sites excluding steroid dienone is 1. The maximum atomic E-state index is 9.57. The molecule has 0 spiro atoms. The molecule has 3 atom stereocenters. The van der Waals surface area contributed by atoms with Crippen LogP contribution in [-0.4, -0.2) is 11.7 Å². The van der Waals surface area contributed by atoms with Crippen LogP contribution in [0.25, 0.3) is 0 Å². The second-order valence-electron chi connectivity index (χ2n) is 6.67. The summed E-state index contributed by atoms with van der Waals surface area (Å²) in [7, 11) is 0. The fourth-order valence-electron chi connectivity index (χ4n) is 3.76. The van der Waals surface area contributed by atoms with Crippen molar-refractivity contribution in [1.82, 2.24) is 0 Å². The van der Waals surface area contributed by atoms with Crippen molar-refractivity contribution in [1.29, 1.82) is 0 Å². The van der Waals surface area contributed by atoms with Gasteiger partial charge in [-0.2, -0.15) is 0 Å². The van der Waals surface area contributed by atoms with Gasteiger partial charge in [0.15, 0.2) is 0 Å². The third-order valence-electron chi connectivity index (χ3n) is 4.52. The molecule has 2 unspecified atom stereocenters. The first kappa shape index (κ1) is 14.8. The predicted molar refractivity (Wildman–Crippen MR) is 74.8 cm³/mol. The number of hydrogen-bond donors (Lipinski definition) is 1. The summed E-state index contributed by atoms with van der Waals surface area (Å²) < 4.78 is 0. The van der Waals surface area contributed by atoms with Crippen LogP contribution < -0.4 is 0 Å². The largest absolute Gasteiger partial charge is 0.392 e.